The van der Waals surface area contributed by atoms with Crippen molar-refractivity contribution in [2.24, 2.45) is 0 Å². The van der Waals surface area contributed by atoms with E-state index in [4.69, 9.17) is 9.47 Å². The van der Waals surface area contributed by atoms with Crippen molar-refractivity contribution >= 4 is 23.1 Å². The van der Waals surface area contributed by atoms with E-state index in [1.807, 2.05) is 60.0 Å². The van der Waals surface area contributed by atoms with Crippen LogP contribution in [0.4, 0.5) is 10.5 Å². The summed E-state index contributed by atoms with van der Waals surface area (Å²) in [5.74, 6) is 1.45. The molecule has 2 N–H and O–H groups in total. The summed E-state index contributed by atoms with van der Waals surface area (Å²) in [5.41, 5.74) is 2.75. The lowest BCUT2D eigenvalue weighted by atomic mass is 10.1. The number of benzene rings is 2. The molecule has 2 amide bonds. The lowest BCUT2D eigenvalue weighted by Gasteiger charge is -2.11. The van der Waals surface area contributed by atoms with Crippen LogP contribution < -0.4 is 20.1 Å². The molecule has 1 aliphatic heterocycles. The van der Waals surface area contributed by atoms with Gasteiger partial charge in [0.25, 0.3) is 0 Å². The third kappa shape index (κ3) is 3.44. The zero-order valence-corrected chi connectivity index (χ0v) is 14.1. The van der Waals surface area contributed by atoms with Gasteiger partial charge < -0.3 is 20.1 Å². The van der Waals surface area contributed by atoms with Crippen molar-refractivity contribution in [3.63, 3.8) is 0 Å². The molecule has 6 heteroatoms. The van der Waals surface area contributed by atoms with Gasteiger partial charge in [-0.15, -0.1) is 11.3 Å². The van der Waals surface area contributed by atoms with Gasteiger partial charge in [-0.05, 0) is 35.2 Å². The number of fused-ring (bicyclic) bond motifs is 1. The third-order valence-electron chi connectivity index (χ3n) is 3.85. The van der Waals surface area contributed by atoms with E-state index in [9.17, 15) is 4.79 Å². The summed E-state index contributed by atoms with van der Waals surface area (Å²) in [6, 6.07) is 17.2. The normalized spacial score (nSPS) is 12.0. The van der Waals surface area contributed by atoms with Crippen LogP contribution in [0.3, 0.4) is 0 Å². The van der Waals surface area contributed by atoms with Crippen LogP contribution in [0.25, 0.3) is 10.4 Å². The minimum absolute atomic E-state index is 0.242. The zero-order valence-electron chi connectivity index (χ0n) is 13.3. The number of thiophene rings is 1. The molecule has 0 saturated heterocycles. The highest BCUT2D eigenvalue weighted by Gasteiger charge is 2.14. The van der Waals surface area contributed by atoms with Gasteiger partial charge in [0.15, 0.2) is 11.5 Å². The molecule has 126 valence electrons. The lowest BCUT2D eigenvalue weighted by molar-refractivity contribution is 0.174. The van der Waals surface area contributed by atoms with Gasteiger partial charge >= 0.3 is 6.03 Å². The first kappa shape index (κ1) is 15.5. The van der Waals surface area contributed by atoms with E-state index in [1.54, 1.807) is 11.3 Å². The summed E-state index contributed by atoms with van der Waals surface area (Å²) in [5, 5.41) is 7.81. The number of urea groups is 1. The van der Waals surface area contributed by atoms with Gasteiger partial charge in [0.05, 0.1) is 5.69 Å². The number of para-hydroxylation sites is 1. The minimum atomic E-state index is -0.248. The van der Waals surface area contributed by atoms with Gasteiger partial charge in [-0.1, -0.05) is 30.3 Å². The number of carbonyl (C=O) groups excluding carboxylic acids is 1. The molecule has 3 aromatic rings. The van der Waals surface area contributed by atoms with Crippen molar-refractivity contribution in [1.29, 1.82) is 0 Å². The number of nitrogens with one attached hydrogen (secondary N) is 2. The zero-order chi connectivity index (χ0) is 17.1. The van der Waals surface area contributed by atoms with Crippen molar-refractivity contribution < 1.29 is 14.3 Å². The molecule has 5 nitrogen and oxygen atoms in total. The van der Waals surface area contributed by atoms with E-state index in [0.717, 1.165) is 27.4 Å². The van der Waals surface area contributed by atoms with Crippen molar-refractivity contribution in [1.82, 2.24) is 5.32 Å². The van der Waals surface area contributed by atoms with E-state index in [2.05, 4.69) is 10.6 Å². The molecule has 0 saturated carbocycles. The molecule has 25 heavy (non-hydrogen) atoms. The molecule has 0 unspecified atom stereocenters. The molecular formula is C19H16N2O3S. The topological polar surface area (TPSA) is 59.6 Å². The highest BCUT2D eigenvalue weighted by Crippen LogP contribution is 2.33. The average molecular weight is 352 g/mol. The van der Waals surface area contributed by atoms with Gasteiger partial charge in [0.2, 0.25) is 6.79 Å². The summed E-state index contributed by atoms with van der Waals surface area (Å²) in [6.07, 6.45) is 0. The Bertz CT molecular complexity index is 893. The number of amides is 2. The Morgan fingerprint density at radius 1 is 1.04 bits per heavy atom. The molecule has 1 aromatic heterocycles. The van der Waals surface area contributed by atoms with Crippen LogP contribution in [-0.2, 0) is 6.54 Å². The second-order valence-electron chi connectivity index (χ2n) is 5.52. The van der Waals surface area contributed by atoms with Crippen molar-refractivity contribution in [3.8, 4) is 21.9 Å². The first-order valence-electron chi connectivity index (χ1n) is 7.86. The summed E-state index contributed by atoms with van der Waals surface area (Å²) in [7, 11) is 0. The Balaban J connectivity index is 1.41. The number of anilines is 1. The van der Waals surface area contributed by atoms with Crippen LogP contribution in [-0.4, -0.2) is 12.8 Å². The predicted octanol–water partition coefficient (Wildman–Crippen LogP) is 4.47. The van der Waals surface area contributed by atoms with Crippen molar-refractivity contribution in [2.45, 2.75) is 6.54 Å². The van der Waals surface area contributed by atoms with Crippen LogP contribution in [0.5, 0.6) is 11.5 Å². The molecular weight excluding hydrogens is 336 g/mol. The van der Waals surface area contributed by atoms with Crippen LogP contribution in [0.1, 0.15) is 5.56 Å². The van der Waals surface area contributed by atoms with Crippen LogP contribution in [0, 0.1) is 0 Å². The number of rotatable bonds is 4. The molecule has 0 bridgehead atoms. The Labute approximate surface area is 149 Å². The fraction of sp³-hybridized carbons (Fsp3) is 0.105. The standard InChI is InChI=1S/C19H16N2O3S/c22-19(20-11-13-7-8-16-17(10-13)24-12-23-16)21-15-5-2-1-4-14(15)18-6-3-9-25-18/h1-10H,11-12H2,(H2,20,21,22). The van der Waals surface area contributed by atoms with Gasteiger partial charge in [-0.2, -0.15) is 0 Å². The number of ether oxygens (including phenoxy) is 2. The Morgan fingerprint density at radius 3 is 2.80 bits per heavy atom. The lowest BCUT2D eigenvalue weighted by Crippen LogP contribution is -2.28. The summed E-state index contributed by atoms with van der Waals surface area (Å²) in [6.45, 7) is 0.649. The maximum Gasteiger partial charge on any atom is 0.319 e. The van der Waals surface area contributed by atoms with E-state index in [0.29, 0.717) is 12.3 Å². The second-order valence-corrected chi connectivity index (χ2v) is 6.47. The highest BCUT2D eigenvalue weighted by molar-refractivity contribution is 7.13. The average Bonchev–Trinajstić information content (AvgIpc) is 3.31. The molecule has 0 spiro atoms. The SMILES string of the molecule is O=C(NCc1ccc2c(c1)OCO2)Nc1ccccc1-c1cccs1. The van der Waals surface area contributed by atoms with Crippen LogP contribution in [0.15, 0.2) is 60.0 Å². The molecule has 1 aliphatic rings. The van der Waals surface area contributed by atoms with Gasteiger partial charge in [-0.25, -0.2) is 4.79 Å². The Hall–Kier alpha value is -2.99. The predicted molar refractivity (Wildman–Crippen MR) is 98.2 cm³/mol. The maximum absolute atomic E-state index is 12.3. The second kappa shape index (κ2) is 6.86. The monoisotopic (exact) mass is 352 g/mol. The van der Waals surface area contributed by atoms with E-state index >= 15 is 0 Å². The quantitative estimate of drug-likeness (QED) is 0.728. The van der Waals surface area contributed by atoms with Crippen LogP contribution in [0.2, 0.25) is 0 Å². The molecule has 0 atom stereocenters. The van der Waals surface area contributed by atoms with Crippen molar-refractivity contribution in [2.75, 3.05) is 12.1 Å². The van der Waals surface area contributed by atoms with Crippen LogP contribution >= 0.6 is 11.3 Å². The molecule has 4 rings (SSSR count). The van der Waals surface area contributed by atoms with E-state index in [1.165, 1.54) is 0 Å². The molecule has 0 radical (unpaired) electrons. The first-order valence-corrected chi connectivity index (χ1v) is 8.74. The smallest absolute Gasteiger partial charge is 0.319 e. The fourth-order valence-corrected chi connectivity index (χ4v) is 3.40. The van der Waals surface area contributed by atoms with Gasteiger partial charge in [0.1, 0.15) is 0 Å². The maximum atomic E-state index is 12.3. The summed E-state index contributed by atoms with van der Waals surface area (Å²) in [4.78, 5) is 13.4. The Morgan fingerprint density at radius 2 is 1.92 bits per heavy atom. The molecule has 0 aliphatic carbocycles. The number of carbonyl (C=O) groups is 1. The highest BCUT2D eigenvalue weighted by atomic mass is 32.1. The Kier molecular flexibility index (Phi) is 4.26. The molecule has 0 fully saturated rings. The van der Waals surface area contributed by atoms with E-state index < -0.39 is 0 Å². The minimum Gasteiger partial charge on any atom is -0.454 e. The first-order chi connectivity index (χ1) is 12.3. The van der Waals surface area contributed by atoms with Crippen molar-refractivity contribution in [3.05, 3.63) is 65.5 Å². The molecule has 2 aromatic carbocycles. The summed E-state index contributed by atoms with van der Waals surface area (Å²) < 4.78 is 10.6. The fourth-order valence-electron chi connectivity index (χ4n) is 2.64. The van der Waals surface area contributed by atoms with E-state index in [-0.39, 0.29) is 12.8 Å². The largest absolute Gasteiger partial charge is 0.454 e. The molecule has 2 heterocycles. The number of hydrogen-bond donors (Lipinski definition) is 2. The summed E-state index contributed by atoms with van der Waals surface area (Å²) >= 11 is 1.64. The third-order valence-corrected chi connectivity index (χ3v) is 4.76. The van der Waals surface area contributed by atoms with Gasteiger partial charge in [0, 0.05) is 17.0 Å². The van der Waals surface area contributed by atoms with Gasteiger partial charge in [-0.3, -0.25) is 0 Å². The number of hydrogen-bond acceptors (Lipinski definition) is 4.